The molecule has 0 aliphatic carbocycles. The highest BCUT2D eigenvalue weighted by atomic mass is 35.5. The maximum Gasteiger partial charge on any atom is 0.233 e. The lowest BCUT2D eigenvalue weighted by Gasteiger charge is -2.27. The topological polar surface area (TPSA) is 80.1 Å². The van der Waals surface area contributed by atoms with Crippen LogP contribution in [0.3, 0.4) is 0 Å². The van der Waals surface area contributed by atoms with Crippen LogP contribution < -0.4 is 14.2 Å². The first-order chi connectivity index (χ1) is 16.3. The van der Waals surface area contributed by atoms with Gasteiger partial charge in [0.05, 0.1) is 16.5 Å². The van der Waals surface area contributed by atoms with Crippen LogP contribution in [0, 0.1) is 18.3 Å². The molecule has 0 spiro atoms. The number of nitriles is 1. The Morgan fingerprint density at radius 3 is 2.50 bits per heavy atom. The Bertz CT molecular complexity index is 1180. The first kappa shape index (κ1) is 26.0. The standard InChI is InChI=1S/C25H26Cl2N4O2S/c1-16-18(14-29-24(30-16)31-34-4)15-33-21-7-5-19(6-8-21)25(2,3)20-11-17(13-28)23(22(27)12-20)32-10-9-26/h5-8,11-12,14H,9-10,15H2,1-4H3,(H,29,30,31). The van der Waals surface area contributed by atoms with E-state index in [1.54, 1.807) is 6.20 Å². The second kappa shape index (κ2) is 11.7. The highest BCUT2D eigenvalue weighted by Crippen LogP contribution is 2.38. The SMILES string of the molecule is CSNc1ncc(COc2ccc(C(C)(C)c3cc(Cl)c(OCCCl)c(C#N)c3)cc2)c(C)n1. The van der Waals surface area contributed by atoms with Crippen LogP contribution in [0.2, 0.25) is 5.02 Å². The van der Waals surface area contributed by atoms with Crippen LogP contribution in [0.15, 0.2) is 42.6 Å². The van der Waals surface area contributed by atoms with Gasteiger partial charge in [-0.15, -0.1) is 11.6 Å². The van der Waals surface area contributed by atoms with Crippen molar-refractivity contribution in [3.8, 4) is 17.6 Å². The van der Waals surface area contributed by atoms with Gasteiger partial charge in [0.2, 0.25) is 5.95 Å². The number of aromatic nitrogens is 2. The molecule has 0 atom stereocenters. The highest BCUT2D eigenvalue weighted by molar-refractivity contribution is 7.99. The molecule has 0 amide bonds. The predicted octanol–water partition coefficient (Wildman–Crippen LogP) is 6.52. The van der Waals surface area contributed by atoms with Crippen LogP contribution >= 0.6 is 35.1 Å². The number of hydrogen-bond donors (Lipinski definition) is 1. The third kappa shape index (κ3) is 6.06. The Morgan fingerprint density at radius 1 is 1.15 bits per heavy atom. The average Bonchev–Trinajstić information content (AvgIpc) is 2.82. The van der Waals surface area contributed by atoms with E-state index in [1.165, 1.54) is 11.9 Å². The van der Waals surface area contributed by atoms with Gasteiger partial charge in [-0.05, 0) is 42.3 Å². The zero-order chi connectivity index (χ0) is 24.7. The highest BCUT2D eigenvalue weighted by Gasteiger charge is 2.26. The Hall–Kier alpha value is -2.66. The first-order valence-electron chi connectivity index (χ1n) is 10.6. The summed E-state index contributed by atoms with van der Waals surface area (Å²) >= 11 is 13.6. The number of halogens is 2. The Balaban J connectivity index is 1.76. The summed E-state index contributed by atoms with van der Waals surface area (Å²) < 4.78 is 14.5. The minimum absolute atomic E-state index is 0.282. The van der Waals surface area contributed by atoms with Gasteiger partial charge in [0.25, 0.3) is 0 Å². The van der Waals surface area contributed by atoms with Crippen molar-refractivity contribution in [3.63, 3.8) is 0 Å². The maximum atomic E-state index is 9.60. The van der Waals surface area contributed by atoms with E-state index >= 15 is 0 Å². The van der Waals surface area contributed by atoms with Gasteiger partial charge in [-0.25, -0.2) is 9.97 Å². The number of nitrogens with zero attached hydrogens (tertiary/aromatic N) is 3. The number of benzene rings is 2. The molecule has 0 fully saturated rings. The van der Waals surface area contributed by atoms with E-state index < -0.39 is 5.41 Å². The van der Waals surface area contributed by atoms with E-state index in [0.717, 1.165) is 28.1 Å². The molecule has 2 aromatic carbocycles. The smallest absolute Gasteiger partial charge is 0.233 e. The molecule has 178 valence electrons. The van der Waals surface area contributed by atoms with Crippen molar-refractivity contribution in [1.82, 2.24) is 9.97 Å². The molecule has 1 heterocycles. The van der Waals surface area contributed by atoms with Gasteiger partial charge in [-0.1, -0.05) is 49.5 Å². The number of alkyl halides is 1. The van der Waals surface area contributed by atoms with Crippen LogP contribution in [0.25, 0.3) is 0 Å². The molecule has 0 aliphatic heterocycles. The zero-order valence-electron chi connectivity index (χ0n) is 19.5. The zero-order valence-corrected chi connectivity index (χ0v) is 21.8. The molecule has 1 aromatic heterocycles. The van der Waals surface area contributed by atoms with Crippen LogP contribution in [0.4, 0.5) is 5.95 Å². The van der Waals surface area contributed by atoms with E-state index in [1.807, 2.05) is 49.6 Å². The van der Waals surface area contributed by atoms with Crippen molar-refractivity contribution in [2.24, 2.45) is 0 Å². The van der Waals surface area contributed by atoms with Gasteiger partial charge in [-0.2, -0.15) is 5.26 Å². The lowest BCUT2D eigenvalue weighted by molar-refractivity contribution is 0.304. The van der Waals surface area contributed by atoms with Gasteiger partial charge < -0.3 is 9.47 Å². The number of nitrogens with one attached hydrogen (secondary N) is 1. The third-order valence-corrected chi connectivity index (χ3v) is 6.28. The summed E-state index contributed by atoms with van der Waals surface area (Å²) in [6.07, 6.45) is 3.69. The second-order valence-corrected chi connectivity index (χ2v) is 9.43. The fourth-order valence-corrected chi connectivity index (χ4v) is 4.03. The van der Waals surface area contributed by atoms with Crippen molar-refractivity contribution in [2.75, 3.05) is 23.5 Å². The molecule has 0 saturated carbocycles. The lowest BCUT2D eigenvalue weighted by atomic mass is 9.77. The van der Waals surface area contributed by atoms with Crippen molar-refractivity contribution < 1.29 is 9.47 Å². The molecule has 3 aromatic rings. The molecule has 0 aliphatic rings. The largest absolute Gasteiger partial charge is 0.489 e. The number of aryl methyl sites for hydroxylation is 1. The molecular weight excluding hydrogens is 491 g/mol. The second-order valence-electron chi connectivity index (χ2n) is 8.03. The van der Waals surface area contributed by atoms with Crippen molar-refractivity contribution in [1.29, 1.82) is 5.26 Å². The molecule has 0 bridgehead atoms. The Morgan fingerprint density at radius 2 is 1.88 bits per heavy atom. The molecule has 3 rings (SSSR count). The van der Waals surface area contributed by atoms with Crippen LogP contribution in [-0.2, 0) is 12.0 Å². The van der Waals surface area contributed by atoms with Gasteiger partial charge in [0.15, 0.2) is 5.75 Å². The molecule has 6 nitrogen and oxygen atoms in total. The summed E-state index contributed by atoms with van der Waals surface area (Å²) in [6.45, 7) is 6.76. The summed E-state index contributed by atoms with van der Waals surface area (Å²) in [6, 6.07) is 13.7. The van der Waals surface area contributed by atoms with Crippen LogP contribution in [-0.4, -0.2) is 28.7 Å². The van der Waals surface area contributed by atoms with Gasteiger partial charge in [0.1, 0.15) is 25.0 Å². The third-order valence-electron chi connectivity index (χ3n) is 5.45. The van der Waals surface area contributed by atoms with Gasteiger partial charge in [-0.3, -0.25) is 4.72 Å². The van der Waals surface area contributed by atoms with E-state index in [0.29, 0.717) is 34.8 Å². The van der Waals surface area contributed by atoms with Crippen molar-refractivity contribution >= 4 is 41.1 Å². The number of anilines is 1. The summed E-state index contributed by atoms with van der Waals surface area (Å²) in [5.74, 6) is 2.00. The quantitative estimate of drug-likeness (QED) is 0.242. The Kier molecular flexibility index (Phi) is 8.90. The lowest BCUT2D eigenvalue weighted by Crippen LogP contribution is -2.19. The first-order valence-corrected chi connectivity index (χ1v) is 12.7. The molecular formula is C25H26Cl2N4O2S. The van der Waals surface area contributed by atoms with Gasteiger partial charge >= 0.3 is 0 Å². The van der Waals surface area contributed by atoms with Crippen LogP contribution in [0.1, 0.15) is 41.8 Å². The van der Waals surface area contributed by atoms with E-state index in [9.17, 15) is 5.26 Å². The maximum absolute atomic E-state index is 9.60. The molecule has 0 radical (unpaired) electrons. The number of rotatable bonds is 10. The fourth-order valence-electron chi connectivity index (χ4n) is 3.39. The molecule has 34 heavy (non-hydrogen) atoms. The van der Waals surface area contributed by atoms with Crippen molar-refractivity contribution in [2.45, 2.75) is 32.8 Å². The van der Waals surface area contributed by atoms with E-state index in [-0.39, 0.29) is 6.61 Å². The summed E-state index contributed by atoms with van der Waals surface area (Å²) in [4.78, 5) is 8.72. The van der Waals surface area contributed by atoms with E-state index in [2.05, 4.69) is 34.6 Å². The van der Waals surface area contributed by atoms with E-state index in [4.69, 9.17) is 32.7 Å². The summed E-state index contributed by atoms with van der Waals surface area (Å²) in [5.41, 5.74) is 3.74. The molecule has 0 saturated heterocycles. The minimum Gasteiger partial charge on any atom is -0.489 e. The Labute approximate surface area is 214 Å². The van der Waals surface area contributed by atoms with Crippen molar-refractivity contribution in [3.05, 3.63) is 75.6 Å². The molecule has 9 heteroatoms. The normalized spacial score (nSPS) is 11.1. The average molecular weight is 517 g/mol. The number of ether oxygens (including phenoxy) is 2. The monoisotopic (exact) mass is 516 g/mol. The molecule has 0 unspecified atom stereocenters. The minimum atomic E-state index is -0.399. The van der Waals surface area contributed by atoms with Crippen LogP contribution in [0.5, 0.6) is 11.5 Å². The van der Waals surface area contributed by atoms with Gasteiger partial charge in [0, 0.05) is 29.1 Å². The predicted molar refractivity (Wildman–Crippen MR) is 139 cm³/mol. The summed E-state index contributed by atoms with van der Waals surface area (Å²) in [7, 11) is 0. The molecule has 1 N–H and O–H groups in total. The summed E-state index contributed by atoms with van der Waals surface area (Å²) in [5, 5.41) is 9.99. The number of hydrogen-bond acceptors (Lipinski definition) is 7. The fraction of sp³-hybridized carbons (Fsp3) is 0.320.